The van der Waals surface area contributed by atoms with Crippen molar-refractivity contribution in [2.24, 2.45) is 5.10 Å². The van der Waals surface area contributed by atoms with Crippen molar-refractivity contribution >= 4 is 28.1 Å². The molecule has 0 saturated carbocycles. The Hall–Kier alpha value is -5.70. The molecule has 8 nitrogen and oxygen atoms in total. The van der Waals surface area contributed by atoms with Gasteiger partial charge in [0.2, 0.25) is 5.82 Å². The highest BCUT2D eigenvalue weighted by Crippen LogP contribution is 2.35. The number of hydrogen-bond acceptors (Lipinski definition) is 7. The molecule has 226 valence electrons. The van der Waals surface area contributed by atoms with E-state index in [1.165, 1.54) is 16.8 Å². The van der Waals surface area contributed by atoms with Gasteiger partial charge in [-0.3, -0.25) is 4.79 Å². The molecular formula is C36H30FN3O5. The van der Waals surface area contributed by atoms with Crippen molar-refractivity contribution < 1.29 is 23.0 Å². The summed E-state index contributed by atoms with van der Waals surface area (Å²) in [4.78, 5) is 18.5. The number of nitrogens with zero attached hydrogens (tertiary/aromatic N) is 3. The van der Waals surface area contributed by atoms with E-state index in [0.717, 1.165) is 10.9 Å². The molecule has 0 saturated heterocycles. The number of allylic oxidation sites excluding steroid dienone is 1. The molecule has 0 radical (unpaired) electrons. The van der Waals surface area contributed by atoms with Gasteiger partial charge in [0.05, 0.1) is 36.2 Å². The quantitative estimate of drug-likeness (QED) is 0.112. The molecule has 0 spiro atoms. The van der Waals surface area contributed by atoms with Crippen molar-refractivity contribution in [1.82, 2.24) is 9.66 Å². The Bertz CT molecular complexity index is 2110. The molecule has 0 aliphatic rings. The van der Waals surface area contributed by atoms with E-state index in [1.54, 1.807) is 61.9 Å². The lowest BCUT2D eigenvalue weighted by molar-refractivity contribution is 0.267. The van der Waals surface area contributed by atoms with Gasteiger partial charge in [-0.25, -0.2) is 9.37 Å². The smallest absolute Gasteiger partial charge is 0.282 e. The number of furan rings is 1. The van der Waals surface area contributed by atoms with Crippen LogP contribution in [0.15, 0.2) is 112 Å². The molecule has 6 rings (SSSR count). The minimum Gasteiger partial charge on any atom is -0.496 e. The topological polar surface area (TPSA) is 88.1 Å². The molecule has 9 heteroatoms. The van der Waals surface area contributed by atoms with E-state index in [0.29, 0.717) is 63.6 Å². The molecule has 4 aromatic carbocycles. The van der Waals surface area contributed by atoms with Crippen LogP contribution in [0.2, 0.25) is 0 Å². The Kier molecular flexibility index (Phi) is 8.41. The van der Waals surface area contributed by atoms with E-state index in [2.05, 4.69) is 11.7 Å². The molecular weight excluding hydrogens is 573 g/mol. The second kappa shape index (κ2) is 12.9. The van der Waals surface area contributed by atoms with Crippen molar-refractivity contribution in [3.63, 3.8) is 0 Å². The number of benzene rings is 4. The molecule has 6 aromatic rings. The van der Waals surface area contributed by atoms with Gasteiger partial charge in [-0.1, -0.05) is 36.4 Å². The van der Waals surface area contributed by atoms with Gasteiger partial charge in [-0.15, -0.1) is 6.58 Å². The highest BCUT2D eigenvalue weighted by molar-refractivity contribution is 5.89. The largest absolute Gasteiger partial charge is 0.496 e. The van der Waals surface area contributed by atoms with Gasteiger partial charge in [0.15, 0.2) is 17.3 Å². The average Bonchev–Trinajstić information content (AvgIpc) is 3.49. The number of rotatable bonds is 11. The van der Waals surface area contributed by atoms with Gasteiger partial charge in [0, 0.05) is 5.56 Å². The summed E-state index contributed by atoms with van der Waals surface area (Å²) in [6, 6.07) is 24.3. The van der Waals surface area contributed by atoms with Crippen LogP contribution in [0.5, 0.6) is 17.2 Å². The second-order valence-corrected chi connectivity index (χ2v) is 10.1. The number of aromatic nitrogens is 2. The number of methoxy groups -OCH3 is 1. The third-order valence-electron chi connectivity index (χ3n) is 7.13. The van der Waals surface area contributed by atoms with Crippen molar-refractivity contribution in [2.45, 2.75) is 20.0 Å². The van der Waals surface area contributed by atoms with Crippen molar-refractivity contribution in [1.29, 1.82) is 0 Å². The fraction of sp³-hybridized carbons (Fsp3) is 0.139. The minimum atomic E-state index is -0.356. The lowest BCUT2D eigenvalue weighted by Gasteiger charge is -2.17. The lowest BCUT2D eigenvalue weighted by atomic mass is 10.1. The van der Waals surface area contributed by atoms with Crippen LogP contribution in [0.4, 0.5) is 4.39 Å². The zero-order valence-electron chi connectivity index (χ0n) is 24.8. The van der Waals surface area contributed by atoms with Crippen LogP contribution in [0.25, 0.3) is 33.5 Å². The molecule has 0 aliphatic heterocycles. The Morgan fingerprint density at radius 3 is 2.62 bits per heavy atom. The van der Waals surface area contributed by atoms with Crippen molar-refractivity contribution in [2.75, 3.05) is 13.7 Å². The van der Waals surface area contributed by atoms with E-state index in [1.807, 2.05) is 37.3 Å². The van der Waals surface area contributed by atoms with E-state index in [9.17, 15) is 9.18 Å². The third kappa shape index (κ3) is 6.05. The predicted octanol–water partition coefficient (Wildman–Crippen LogP) is 7.55. The van der Waals surface area contributed by atoms with Crippen LogP contribution < -0.4 is 19.8 Å². The standard InChI is InChI=1S/C36H30FN3O5/c1-4-10-25-17-24(19-32(43-5-2)34(25)44-22-23-11-8-12-26(37)18-23)21-38-40-35(39-29-14-7-6-13-27(29)36(40)41)33-20-28-30(42-3)15-9-16-31(28)45-33/h4,6-9,11-21H,1,5,10,22H2,2-3H3. The fourth-order valence-electron chi connectivity index (χ4n) is 5.11. The number of fused-ring (bicyclic) bond motifs is 2. The van der Waals surface area contributed by atoms with Crippen LogP contribution in [0.3, 0.4) is 0 Å². The molecule has 0 amide bonds. The molecule has 2 aromatic heterocycles. The maximum Gasteiger partial charge on any atom is 0.282 e. The number of halogens is 1. The first kappa shape index (κ1) is 29.4. The average molecular weight is 604 g/mol. The maximum atomic E-state index is 13.8. The van der Waals surface area contributed by atoms with Crippen LogP contribution in [-0.2, 0) is 13.0 Å². The summed E-state index contributed by atoms with van der Waals surface area (Å²) in [6.07, 6.45) is 3.80. The highest BCUT2D eigenvalue weighted by atomic mass is 19.1. The number of hydrogen-bond donors (Lipinski definition) is 0. The Labute approximate surface area is 258 Å². The lowest BCUT2D eigenvalue weighted by Crippen LogP contribution is -2.20. The van der Waals surface area contributed by atoms with Crippen LogP contribution in [0, 0.1) is 5.82 Å². The van der Waals surface area contributed by atoms with Crippen LogP contribution in [0.1, 0.15) is 23.6 Å². The molecule has 2 heterocycles. The zero-order valence-corrected chi connectivity index (χ0v) is 24.8. The first-order chi connectivity index (χ1) is 22.0. The molecule has 0 unspecified atom stereocenters. The summed E-state index contributed by atoms with van der Waals surface area (Å²) < 4.78 is 38.7. The molecule has 45 heavy (non-hydrogen) atoms. The van der Waals surface area contributed by atoms with Gasteiger partial charge in [0.25, 0.3) is 5.56 Å². The molecule has 0 atom stereocenters. The SMILES string of the molecule is C=CCc1cc(C=Nn2c(-c3cc4c(OC)cccc4o3)nc3ccccc3c2=O)cc(OCC)c1OCc1cccc(F)c1. The normalized spacial score (nSPS) is 11.4. The van der Waals surface area contributed by atoms with Crippen LogP contribution in [-0.4, -0.2) is 29.6 Å². The number of ether oxygens (including phenoxy) is 3. The summed E-state index contributed by atoms with van der Waals surface area (Å²) in [7, 11) is 1.59. The first-order valence-corrected chi connectivity index (χ1v) is 14.4. The monoisotopic (exact) mass is 603 g/mol. The van der Waals surface area contributed by atoms with Gasteiger partial charge in [-0.05, 0) is 79.1 Å². The van der Waals surface area contributed by atoms with Gasteiger partial charge < -0.3 is 18.6 Å². The van der Waals surface area contributed by atoms with E-state index in [-0.39, 0.29) is 23.8 Å². The van der Waals surface area contributed by atoms with Crippen molar-refractivity contribution in [3.05, 3.63) is 130 Å². The minimum absolute atomic E-state index is 0.152. The Balaban J connectivity index is 1.44. The van der Waals surface area contributed by atoms with E-state index < -0.39 is 0 Å². The zero-order chi connectivity index (χ0) is 31.3. The summed E-state index contributed by atoms with van der Waals surface area (Å²) in [5.41, 5.74) is 2.89. The Morgan fingerprint density at radius 1 is 0.978 bits per heavy atom. The molecule has 0 aliphatic carbocycles. The summed E-state index contributed by atoms with van der Waals surface area (Å²) in [6.45, 7) is 6.30. The van der Waals surface area contributed by atoms with Gasteiger partial charge >= 0.3 is 0 Å². The summed E-state index contributed by atoms with van der Waals surface area (Å²) in [5, 5.41) is 5.77. The maximum absolute atomic E-state index is 13.8. The predicted molar refractivity (Wildman–Crippen MR) is 173 cm³/mol. The van der Waals surface area contributed by atoms with E-state index >= 15 is 0 Å². The summed E-state index contributed by atoms with van der Waals surface area (Å²) >= 11 is 0. The van der Waals surface area contributed by atoms with Gasteiger partial charge in [-0.2, -0.15) is 9.78 Å². The molecule has 0 bridgehead atoms. The van der Waals surface area contributed by atoms with Crippen LogP contribution >= 0.6 is 0 Å². The summed E-state index contributed by atoms with van der Waals surface area (Å²) in [5.74, 6) is 1.91. The highest BCUT2D eigenvalue weighted by Gasteiger charge is 2.19. The first-order valence-electron chi connectivity index (χ1n) is 14.4. The molecule has 0 N–H and O–H groups in total. The van der Waals surface area contributed by atoms with Crippen molar-refractivity contribution in [3.8, 4) is 28.8 Å². The van der Waals surface area contributed by atoms with Gasteiger partial charge in [0.1, 0.15) is 23.8 Å². The second-order valence-electron chi connectivity index (χ2n) is 10.1. The van der Waals surface area contributed by atoms with E-state index in [4.69, 9.17) is 23.6 Å². The number of para-hydroxylation sites is 1. The third-order valence-corrected chi connectivity index (χ3v) is 7.13. The Morgan fingerprint density at radius 2 is 1.82 bits per heavy atom. The fourth-order valence-corrected chi connectivity index (χ4v) is 5.11. The molecule has 0 fully saturated rings.